The van der Waals surface area contributed by atoms with Crippen LogP contribution in [0.4, 0.5) is 0 Å². The van der Waals surface area contributed by atoms with Crippen LogP contribution in [0.15, 0.2) is 30.3 Å². The van der Waals surface area contributed by atoms with Crippen LogP contribution in [0.2, 0.25) is 15.3 Å². The van der Waals surface area contributed by atoms with Gasteiger partial charge in [0.1, 0.15) is 0 Å². The first-order valence-corrected chi connectivity index (χ1v) is 7.89. The third kappa shape index (κ3) is 3.15. The van der Waals surface area contributed by atoms with Crippen LogP contribution in [0.3, 0.4) is 0 Å². The molecule has 0 unspecified atom stereocenters. The van der Waals surface area contributed by atoms with Crippen molar-refractivity contribution in [2.45, 2.75) is 13.8 Å². The molecule has 0 aliphatic heterocycles. The van der Waals surface area contributed by atoms with Crippen LogP contribution in [0.5, 0.6) is 0 Å². The quantitative estimate of drug-likeness (QED) is 0.628. The summed E-state index contributed by atoms with van der Waals surface area (Å²) in [5.41, 5.74) is 4.68. The highest BCUT2D eigenvalue weighted by Gasteiger charge is 2.20. The van der Waals surface area contributed by atoms with Crippen molar-refractivity contribution in [2.75, 3.05) is 0 Å². The Morgan fingerprint density at radius 3 is 2.13 bits per heavy atom. The predicted molar refractivity (Wildman–Crippen MR) is 93.0 cm³/mol. The molecule has 0 saturated heterocycles. The third-order valence-electron chi connectivity index (χ3n) is 3.43. The van der Waals surface area contributed by atoms with Crippen molar-refractivity contribution in [2.24, 2.45) is 0 Å². The molecule has 2 aromatic heterocycles. The first-order valence-electron chi connectivity index (χ1n) is 6.76. The lowest BCUT2D eigenvalue weighted by atomic mass is 9.96. The minimum Gasteiger partial charge on any atom is -0.154 e. The summed E-state index contributed by atoms with van der Waals surface area (Å²) in [6.07, 6.45) is 0. The lowest BCUT2D eigenvalue weighted by Crippen LogP contribution is -2.01. The van der Waals surface area contributed by atoms with Gasteiger partial charge in [0.2, 0.25) is 0 Å². The van der Waals surface area contributed by atoms with E-state index in [1.165, 1.54) is 0 Å². The molecule has 23 heavy (non-hydrogen) atoms. The van der Waals surface area contributed by atoms with Gasteiger partial charge in [-0.05, 0) is 43.2 Å². The van der Waals surface area contributed by atoms with Crippen LogP contribution in [0.25, 0.3) is 22.4 Å². The number of hydrogen-bond acceptors (Lipinski definition) is 4. The highest BCUT2D eigenvalue weighted by molar-refractivity contribution is 6.33. The van der Waals surface area contributed by atoms with Gasteiger partial charge in [0.05, 0.1) is 17.0 Å². The van der Waals surface area contributed by atoms with Gasteiger partial charge in [0.25, 0.3) is 0 Å². The van der Waals surface area contributed by atoms with E-state index in [0.717, 1.165) is 22.4 Å². The van der Waals surface area contributed by atoms with Gasteiger partial charge in [-0.3, -0.25) is 0 Å². The molecule has 0 saturated carbocycles. The number of hydrogen-bond donors (Lipinski definition) is 0. The standard InChI is InChI=1S/C16H11Cl3N4/c1-8-7-12(18)21-22-15(8)14-13(9(2)20-23-16(14)19)10-3-5-11(17)6-4-10/h3-7H,1-2H3. The normalized spacial score (nSPS) is 10.8. The van der Waals surface area contributed by atoms with Crippen molar-refractivity contribution < 1.29 is 0 Å². The number of benzene rings is 1. The molecule has 0 aliphatic carbocycles. The molecular weight excluding hydrogens is 355 g/mol. The minimum absolute atomic E-state index is 0.264. The molecule has 0 bridgehead atoms. The largest absolute Gasteiger partial charge is 0.161 e. The zero-order chi connectivity index (χ0) is 16.6. The molecule has 0 N–H and O–H groups in total. The maximum Gasteiger partial charge on any atom is 0.161 e. The second-order valence-electron chi connectivity index (χ2n) is 5.03. The number of nitrogens with zero attached hydrogens (tertiary/aromatic N) is 4. The first-order chi connectivity index (χ1) is 11.0. The Morgan fingerprint density at radius 1 is 0.783 bits per heavy atom. The van der Waals surface area contributed by atoms with Crippen molar-refractivity contribution in [3.63, 3.8) is 0 Å². The van der Waals surface area contributed by atoms with E-state index >= 15 is 0 Å². The molecule has 0 atom stereocenters. The number of aryl methyl sites for hydroxylation is 2. The Labute approximate surface area is 148 Å². The fourth-order valence-electron chi connectivity index (χ4n) is 2.39. The Bertz CT molecular complexity index is 879. The minimum atomic E-state index is 0.264. The van der Waals surface area contributed by atoms with Gasteiger partial charge in [0, 0.05) is 10.6 Å². The van der Waals surface area contributed by atoms with Gasteiger partial charge < -0.3 is 0 Å². The molecule has 1 aromatic carbocycles. The first kappa shape index (κ1) is 16.1. The van der Waals surface area contributed by atoms with E-state index in [-0.39, 0.29) is 5.15 Å². The highest BCUT2D eigenvalue weighted by Crippen LogP contribution is 2.38. The Kier molecular flexibility index (Phi) is 4.48. The molecule has 0 radical (unpaired) electrons. The number of rotatable bonds is 2. The van der Waals surface area contributed by atoms with Crippen molar-refractivity contribution in [3.05, 3.63) is 56.9 Å². The molecular formula is C16H11Cl3N4. The SMILES string of the molecule is Cc1cc(Cl)nnc1-c1c(Cl)nnc(C)c1-c1ccc(Cl)cc1. The zero-order valence-electron chi connectivity index (χ0n) is 12.3. The summed E-state index contributed by atoms with van der Waals surface area (Å²) in [7, 11) is 0. The number of halogens is 3. The van der Waals surface area contributed by atoms with Gasteiger partial charge in [-0.2, -0.15) is 5.10 Å². The fraction of sp³-hybridized carbons (Fsp3) is 0.125. The van der Waals surface area contributed by atoms with Crippen LogP contribution >= 0.6 is 34.8 Å². The lowest BCUT2D eigenvalue weighted by molar-refractivity contribution is 0.972. The molecule has 0 aliphatic rings. The summed E-state index contributed by atoms with van der Waals surface area (Å²) < 4.78 is 0. The van der Waals surface area contributed by atoms with Crippen LogP contribution < -0.4 is 0 Å². The van der Waals surface area contributed by atoms with Crippen molar-refractivity contribution in [1.29, 1.82) is 0 Å². The summed E-state index contributed by atoms with van der Waals surface area (Å²) in [6.45, 7) is 3.77. The van der Waals surface area contributed by atoms with Gasteiger partial charge in [-0.1, -0.05) is 46.9 Å². The summed E-state index contributed by atoms with van der Waals surface area (Å²) in [5.74, 6) is 0. The smallest absolute Gasteiger partial charge is 0.154 e. The molecule has 3 aromatic rings. The maximum absolute atomic E-state index is 6.33. The van der Waals surface area contributed by atoms with Gasteiger partial charge >= 0.3 is 0 Å². The highest BCUT2D eigenvalue weighted by atomic mass is 35.5. The summed E-state index contributed by atoms with van der Waals surface area (Å²) in [5, 5.41) is 17.5. The molecule has 0 amide bonds. The Hall–Kier alpha value is -1.75. The van der Waals surface area contributed by atoms with Gasteiger partial charge in [0.15, 0.2) is 10.3 Å². The van der Waals surface area contributed by atoms with E-state index in [9.17, 15) is 0 Å². The van der Waals surface area contributed by atoms with E-state index in [2.05, 4.69) is 20.4 Å². The molecule has 0 fully saturated rings. The maximum atomic E-state index is 6.33. The van der Waals surface area contributed by atoms with Gasteiger partial charge in [-0.15, -0.1) is 15.3 Å². The number of aromatic nitrogens is 4. The molecule has 7 heteroatoms. The molecule has 0 spiro atoms. The fourth-order valence-corrected chi connectivity index (χ4v) is 2.94. The lowest BCUT2D eigenvalue weighted by Gasteiger charge is -2.14. The molecule has 2 heterocycles. The Balaban J connectivity index is 2.32. The van der Waals surface area contributed by atoms with Crippen molar-refractivity contribution in [3.8, 4) is 22.4 Å². The van der Waals surface area contributed by atoms with Gasteiger partial charge in [-0.25, -0.2) is 0 Å². The van der Waals surface area contributed by atoms with E-state index in [4.69, 9.17) is 34.8 Å². The average molecular weight is 366 g/mol. The average Bonchev–Trinajstić information content (AvgIpc) is 2.51. The van der Waals surface area contributed by atoms with Crippen LogP contribution in [-0.4, -0.2) is 20.4 Å². The van der Waals surface area contributed by atoms with E-state index < -0.39 is 0 Å². The molecule has 116 valence electrons. The molecule has 4 nitrogen and oxygen atoms in total. The monoisotopic (exact) mass is 364 g/mol. The van der Waals surface area contributed by atoms with Crippen LogP contribution in [0.1, 0.15) is 11.3 Å². The third-order valence-corrected chi connectivity index (χ3v) is 4.13. The summed E-state index contributed by atoms with van der Waals surface area (Å²) in [6, 6.07) is 9.18. The van der Waals surface area contributed by atoms with E-state index in [1.807, 2.05) is 38.1 Å². The Morgan fingerprint density at radius 2 is 1.48 bits per heavy atom. The summed E-state index contributed by atoms with van der Waals surface area (Å²) >= 11 is 18.2. The topological polar surface area (TPSA) is 51.6 Å². The van der Waals surface area contributed by atoms with Crippen molar-refractivity contribution >= 4 is 34.8 Å². The van der Waals surface area contributed by atoms with E-state index in [0.29, 0.717) is 21.4 Å². The van der Waals surface area contributed by atoms with Crippen LogP contribution in [-0.2, 0) is 0 Å². The van der Waals surface area contributed by atoms with E-state index in [1.54, 1.807) is 6.07 Å². The second kappa shape index (κ2) is 6.40. The van der Waals surface area contributed by atoms with Crippen LogP contribution in [0, 0.1) is 13.8 Å². The van der Waals surface area contributed by atoms with Crippen molar-refractivity contribution in [1.82, 2.24) is 20.4 Å². The predicted octanol–water partition coefficient (Wildman–Crippen LogP) is 5.18. The molecule has 3 rings (SSSR count). The summed E-state index contributed by atoms with van der Waals surface area (Å²) in [4.78, 5) is 0. The second-order valence-corrected chi connectivity index (χ2v) is 6.21. The zero-order valence-corrected chi connectivity index (χ0v) is 14.6.